The molecular weight excluding hydrogens is 310 g/mol. The SMILES string of the molecule is COc1ccc([C@@H]2CCCN2C(=O)NCCNC(C)=O)cc1OC. The maximum absolute atomic E-state index is 12.4. The lowest BCUT2D eigenvalue weighted by Gasteiger charge is -2.26. The van der Waals surface area contributed by atoms with Gasteiger partial charge in [0.2, 0.25) is 5.91 Å². The van der Waals surface area contributed by atoms with Gasteiger partial charge in [-0.25, -0.2) is 4.79 Å². The van der Waals surface area contributed by atoms with Crippen LogP contribution < -0.4 is 20.1 Å². The van der Waals surface area contributed by atoms with Gasteiger partial charge in [-0.2, -0.15) is 0 Å². The van der Waals surface area contributed by atoms with E-state index >= 15 is 0 Å². The number of carbonyl (C=O) groups excluding carboxylic acids is 2. The van der Waals surface area contributed by atoms with Gasteiger partial charge in [-0.05, 0) is 30.5 Å². The van der Waals surface area contributed by atoms with Crippen LogP contribution in [0.1, 0.15) is 31.4 Å². The van der Waals surface area contributed by atoms with E-state index in [2.05, 4.69) is 10.6 Å². The van der Waals surface area contributed by atoms with Gasteiger partial charge in [-0.15, -0.1) is 0 Å². The highest BCUT2D eigenvalue weighted by atomic mass is 16.5. The Hall–Kier alpha value is -2.44. The second-order valence-electron chi connectivity index (χ2n) is 5.68. The molecule has 0 unspecified atom stereocenters. The highest BCUT2D eigenvalue weighted by Gasteiger charge is 2.30. The van der Waals surface area contributed by atoms with Crippen molar-refractivity contribution in [1.82, 2.24) is 15.5 Å². The standard InChI is InChI=1S/C17H25N3O4/c1-12(21)18-8-9-19-17(22)20-10-4-5-14(20)13-6-7-15(23-2)16(11-13)24-3/h6-7,11,14H,4-5,8-10H2,1-3H3,(H,18,21)(H,19,22)/t14-/m0/s1. The van der Waals surface area contributed by atoms with Crippen molar-refractivity contribution < 1.29 is 19.1 Å². The number of rotatable bonds is 6. The highest BCUT2D eigenvalue weighted by molar-refractivity contribution is 5.75. The number of hydrogen-bond acceptors (Lipinski definition) is 4. The number of nitrogens with one attached hydrogen (secondary N) is 2. The van der Waals surface area contributed by atoms with Crippen LogP contribution in [0.3, 0.4) is 0 Å². The molecule has 24 heavy (non-hydrogen) atoms. The molecule has 132 valence electrons. The maximum Gasteiger partial charge on any atom is 0.317 e. The third-order valence-electron chi connectivity index (χ3n) is 4.08. The summed E-state index contributed by atoms with van der Waals surface area (Å²) in [5.74, 6) is 1.23. The summed E-state index contributed by atoms with van der Waals surface area (Å²) in [7, 11) is 3.20. The van der Waals surface area contributed by atoms with Crippen LogP contribution in [0.4, 0.5) is 4.79 Å². The van der Waals surface area contributed by atoms with Crippen LogP contribution in [0.5, 0.6) is 11.5 Å². The second-order valence-corrected chi connectivity index (χ2v) is 5.68. The minimum absolute atomic E-state index is 0.0190. The Labute approximate surface area is 142 Å². The lowest BCUT2D eigenvalue weighted by atomic mass is 10.0. The van der Waals surface area contributed by atoms with E-state index in [1.807, 2.05) is 23.1 Å². The lowest BCUT2D eigenvalue weighted by molar-refractivity contribution is -0.118. The van der Waals surface area contributed by atoms with Gasteiger partial charge in [0.15, 0.2) is 11.5 Å². The van der Waals surface area contributed by atoms with Gasteiger partial charge in [0.1, 0.15) is 0 Å². The molecule has 7 nitrogen and oxygen atoms in total. The number of methoxy groups -OCH3 is 2. The molecule has 0 bridgehead atoms. The molecular formula is C17H25N3O4. The minimum Gasteiger partial charge on any atom is -0.493 e. The molecule has 1 fully saturated rings. The Morgan fingerprint density at radius 2 is 1.88 bits per heavy atom. The van der Waals surface area contributed by atoms with E-state index in [1.54, 1.807) is 14.2 Å². The van der Waals surface area contributed by atoms with E-state index in [0.29, 0.717) is 31.1 Å². The largest absolute Gasteiger partial charge is 0.493 e. The third kappa shape index (κ3) is 4.31. The van der Waals surface area contributed by atoms with E-state index < -0.39 is 0 Å². The average molecular weight is 335 g/mol. The number of likely N-dealkylation sites (tertiary alicyclic amines) is 1. The van der Waals surface area contributed by atoms with Crippen LogP contribution in [0.15, 0.2) is 18.2 Å². The molecule has 1 aromatic carbocycles. The van der Waals surface area contributed by atoms with Gasteiger partial charge in [-0.3, -0.25) is 4.79 Å². The van der Waals surface area contributed by atoms with E-state index in [4.69, 9.17) is 9.47 Å². The topological polar surface area (TPSA) is 79.9 Å². The third-order valence-corrected chi connectivity index (χ3v) is 4.08. The summed E-state index contributed by atoms with van der Waals surface area (Å²) in [6.07, 6.45) is 1.87. The number of amides is 3. The van der Waals surface area contributed by atoms with Crippen molar-refractivity contribution >= 4 is 11.9 Å². The van der Waals surface area contributed by atoms with Gasteiger partial charge in [0.05, 0.1) is 20.3 Å². The van der Waals surface area contributed by atoms with Crippen LogP contribution in [0.25, 0.3) is 0 Å². The van der Waals surface area contributed by atoms with Crippen LogP contribution in [0, 0.1) is 0 Å². The highest BCUT2D eigenvalue weighted by Crippen LogP contribution is 2.36. The summed E-state index contributed by atoms with van der Waals surface area (Å²) < 4.78 is 10.6. The Balaban J connectivity index is 2.02. The van der Waals surface area contributed by atoms with Crippen LogP contribution in [-0.2, 0) is 4.79 Å². The summed E-state index contributed by atoms with van der Waals surface area (Å²) >= 11 is 0. The molecule has 0 spiro atoms. The summed E-state index contributed by atoms with van der Waals surface area (Å²) in [6, 6.07) is 5.66. The number of carbonyl (C=O) groups is 2. The minimum atomic E-state index is -0.113. The van der Waals surface area contributed by atoms with Crippen molar-refractivity contribution in [2.24, 2.45) is 0 Å². The summed E-state index contributed by atoms with van der Waals surface area (Å²) in [5.41, 5.74) is 1.03. The monoisotopic (exact) mass is 335 g/mol. The van der Waals surface area contributed by atoms with Crippen molar-refractivity contribution in [3.8, 4) is 11.5 Å². The summed E-state index contributed by atoms with van der Waals surface area (Å²) in [5, 5.41) is 5.51. The summed E-state index contributed by atoms with van der Waals surface area (Å²) in [6.45, 7) is 3.00. The Bertz CT molecular complexity index is 591. The molecule has 3 amide bonds. The van der Waals surface area contributed by atoms with Crippen molar-refractivity contribution in [1.29, 1.82) is 0 Å². The number of hydrogen-bond donors (Lipinski definition) is 2. The first-order chi connectivity index (χ1) is 11.6. The number of ether oxygens (including phenoxy) is 2. The van der Waals surface area contributed by atoms with E-state index in [1.165, 1.54) is 6.92 Å². The normalized spacial score (nSPS) is 16.6. The summed E-state index contributed by atoms with van der Waals surface area (Å²) in [4.78, 5) is 25.1. The van der Waals surface area contributed by atoms with Crippen molar-refractivity contribution in [2.45, 2.75) is 25.8 Å². The fourth-order valence-corrected chi connectivity index (χ4v) is 2.93. The zero-order valence-electron chi connectivity index (χ0n) is 14.4. The van der Waals surface area contributed by atoms with Crippen molar-refractivity contribution in [2.75, 3.05) is 33.9 Å². The number of benzene rings is 1. The van der Waals surface area contributed by atoms with Gasteiger partial charge in [0, 0.05) is 26.6 Å². The predicted molar refractivity (Wildman–Crippen MR) is 90.3 cm³/mol. The molecule has 2 rings (SSSR count). The molecule has 1 saturated heterocycles. The van der Waals surface area contributed by atoms with Crippen LogP contribution in [-0.4, -0.2) is 50.7 Å². The molecule has 0 saturated carbocycles. The molecule has 0 aromatic heterocycles. The second kappa shape index (κ2) is 8.42. The zero-order chi connectivity index (χ0) is 17.5. The maximum atomic E-state index is 12.4. The van der Waals surface area contributed by atoms with E-state index in [0.717, 1.165) is 18.4 Å². The van der Waals surface area contributed by atoms with Crippen LogP contribution >= 0.6 is 0 Å². The number of nitrogens with zero attached hydrogens (tertiary/aromatic N) is 1. The van der Waals surface area contributed by atoms with E-state index in [9.17, 15) is 9.59 Å². The van der Waals surface area contributed by atoms with Crippen molar-refractivity contribution in [3.05, 3.63) is 23.8 Å². The smallest absolute Gasteiger partial charge is 0.317 e. The molecule has 1 atom stereocenters. The van der Waals surface area contributed by atoms with Gasteiger partial charge >= 0.3 is 6.03 Å². The van der Waals surface area contributed by atoms with Crippen molar-refractivity contribution in [3.63, 3.8) is 0 Å². The molecule has 1 aromatic rings. The number of urea groups is 1. The Kier molecular flexibility index (Phi) is 6.28. The fourth-order valence-electron chi connectivity index (χ4n) is 2.93. The molecule has 1 heterocycles. The zero-order valence-corrected chi connectivity index (χ0v) is 14.4. The van der Waals surface area contributed by atoms with Gasteiger partial charge in [0.25, 0.3) is 0 Å². The lowest BCUT2D eigenvalue weighted by Crippen LogP contribution is -2.42. The predicted octanol–water partition coefficient (Wildman–Crippen LogP) is 1.69. The molecule has 2 N–H and O–H groups in total. The Morgan fingerprint density at radius 1 is 1.17 bits per heavy atom. The first-order valence-corrected chi connectivity index (χ1v) is 8.07. The molecule has 0 aliphatic carbocycles. The fraction of sp³-hybridized carbons (Fsp3) is 0.529. The molecule has 1 aliphatic heterocycles. The van der Waals surface area contributed by atoms with Gasteiger partial charge < -0.3 is 25.0 Å². The first-order valence-electron chi connectivity index (χ1n) is 8.07. The van der Waals surface area contributed by atoms with Crippen LogP contribution in [0.2, 0.25) is 0 Å². The molecule has 0 radical (unpaired) electrons. The molecule has 7 heteroatoms. The van der Waals surface area contributed by atoms with E-state index in [-0.39, 0.29) is 18.0 Å². The molecule has 1 aliphatic rings. The quantitative estimate of drug-likeness (QED) is 0.775. The first kappa shape index (κ1) is 17.9. The van der Waals surface area contributed by atoms with Gasteiger partial charge in [-0.1, -0.05) is 6.07 Å². The Morgan fingerprint density at radius 3 is 2.54 bits per heavy atom. The average Bonchev–Trinajstić information content (AvgIpc) is 3.07.